The highest BCUT2D eigenvalue weighted by molar-refractivity contribution is 6.99. The molecule has 0 aromatic carbocycles. The lowest BCUT2D eigenvalue weighted by Gasteiger charge is -1.61. The lowest BCUT2D eigenvalue weighted by atomic mass is 10.8. The maximum absolute atomic E-state index is 2.04. The van der Waals surface area contributed by atoms with Crippen molar-refractivity contribution in [3.05, 3.63) is 17.6 Å². The molecule has 1 rings (SSSR count). The largest absolute Gasteiger partial charge is 0.183 e. The molecular formula is C4H6NS+. The molecule has 0 bridgehead atoms. The minimum Gasteiger partial charge on any atom is -0.144 e. The summed E-state index contributed by atoms with van der Waals surface area (Å²) >= 11 is 1.69. The second-order valence-electron chi connectivity index (χ2n) is 1.13. The molecule has 0 saturated heterocycles. The number of aryl methyl sites for hydroxylation is 1. The average molecular weight is 100 g/mol. The number of hydrogen-bond donors (Lipinski definition) is 0. The Bertz CT molecular complexity index is 111. The predicted molar refractivity (Wildman–Crippen MR) is 25.5 cm³/mol. The van der Waals surface area contributed by atoms with Crippen LogP contribution >= 0.6 is 11.5 Å². The Labute approximate surface area is 41.0 Å². The van der Waals surface area contributed by atoms with Crippen LogP contribution in [0.2, 0.25) is 0 Å². The molecule has 0 fully saturated rings. The van der Waals surface area contributed by atoms with Crippen molar-refractivity contribution in [2.75, 3.05) is 0 Å². The molecule has 2 heteroatoms. The minimum atomic E-state index is 1.69. The van der Waals surface area contributed by atoms with Gasteiger partial charge >= 0.3 is 0 Å². The van der Waals surface area contributed by atoms with E-state index < -0.39 is 0 Å². The normalized spacial score (nSPS) is 8.83. The van der Waals surface area contributed by atoms with Gasteiger partial charge in [0.2, 0.25) is 0 Å². The monoisotopic (exact) mass is 100 g/mol. The summed E-state index contributed by atoms with van der Waals surface area (Å²) in [5.41, 5.74) is 0. The van der Waals surface area contributed by atoms with Crippen LogP contribution < -0.4 is 3.96 Å². The van der Waals surface area contributed by atoms with Gasteiger partial charge in [0.25, 0.3) is 0 Å². The third kappa shape index (κ3) is 0.571. The Morgan fingerprint density at radius 3 is 2.67 bits per heavy atom. The van der Waals surface area contributed by atoms with Gasteiger partial charge in [0.15, 0.2) is 13.2 Å². The highest BCUT2D eigenvalue weighted by Gasteiger charge is 1.83. The molecule has 0 aliphatic heterocycles. The molecule has 1 heterocycles. The number of rotatable bonds is 0. The van der Waals surface area contributed by atoms with Crippen LogP contribution in [0, 0.1) is 0 Å². The summed E-state index contributed by atoms with van der Waals surface area (Å²) in [4.78, 5) is 0. The lowest BCUT2D eigenvalue weighted by Crippen LogP contribution is -2.18. The van der Waals surface area contributed by atoms with Crippen molar-refractivity contribution >= 4 is 11.5 Å². The molecule has 0 N–H and O–H groups in total. The smallest absolute Gasteiger partial charge is 0.144 e. The van der Waals surface area contributed by atoms with Gasteiger partial charge in [-0.2, -0.15) is 0 Å². The van der Waals surface area contributed by atoms with Gasteiger partial charge in [-0.3, -0.25) is 0 Å². The Kier molecular flexibility index (Phi) is 0.881. The Morgan fingerprint density at radius 2 is 2.50 bits per heavy atom. The van der Waals surface area contributed by atoms with Crippen molar-refractivity contribution in [1.29, 1.82) is 0 Å². The summed E-state index contributed by atoms with van der Waals surface area (Å²) in [6.07, 6.45) is 2.02. The van der Waals surface area contributed by atoms with E-state index in [0.29, 0.717) is 0 Å². The molecular weight excluding hydrogens is 94.1 g/mol. The molecule has 0 unspecified atom stereocenters. The summed E-state index contributed by atoms with van der Waals surface area (Å²) in [6.45, 7) is 0. The zero-order valence-electron chi connectivity index (χ0n) is 3.59. The van der Waals surface area contributed by atoms with Crippen LogP contribution in [0.1, 0.15) is 0 Å². The Hall–Kier alpha value is -0.370. The first-order valence-electron chi connectivity index (χ1n) is 1.79. The van der Waals surface area contributed by atoms with Crippen LogP contribution in [0.3, 0.4) is 0 Å². The van der Waals surface area contributed by atoms with E-state index >= 15 is 0 Å². The van der Waals surface area contributed by atoms with E-state index in [4.69, 9.17) is 0 Å². The number of nitrogens with zero attached hydrogens (tertiary/aromatic N) is 1. The van der Waals surface area contributed by atoms with Gasteiger partial charge in [0.1, 0.15) is 11.5 Å². The van der Waals surface area contributed by atoms with Crippen molar-refractivity contribution in [3.63, 3.8) is 0 Å². The first-order valence-corrected chi connectivity index (χ1v) is 2.63. The molecule has 1 nitrogen and oxygen atoms in total. The van der Waals surface area contributed by atoms with Gasteiger partial charge in [-0.05, 0) is 0 Å². The van der Waals surface area contributed by atoms with Gasteiger partial charge in [-0.15, -0.1) is 3.96 Å². The Morgan fingerprint density at radius 1 is 1.67 bits per heavy atom. The van der Waals surface area contributed by atoms with Crippen LogP contribution in [-0.2, 0) is 7.05 Å². The van der Waals surface area contributed by atoms with Crippen molar-refractivity contribution in [1.82, 2.24) is 0 Å². The highest BCUT2D eigenvalue weighted by Crippen LogP contribution is 1.80. The van der Waals surface area contributed by atoms with Crippen LogP contribution in [0.15, 0.2) is 17.6 Å². The maximum Gasteiger partial charge on any atom is 0.183 e. The van der Waals surface area contributed by atoms with Crippen LogP contribution in [-0.4, -0.2) is 0 Å². The second kappa shape index (κ2) is 1.39. The zero-order valence-corrected chi connectivity index (χ0v) is 4.40. The predicted octanol–water partition coefficient (Wildman–Crippen LogP) is 0.573. The van der Waals surface area contributed by atoms with E-state index in [9.17, 15) is 0 Å². The molecule has 0 aliphatic rings. The van der Waals surface area contributed by atoms with Crippen molar-refractivity contribution in [2.45, 2.75) is 0 Å². The van der Waals surface area contributed by atoms with Gasteiger partial charge in [0, 0.05) is 6.07 Å². The molecule has 0 radical (unpaired) electrons. The van der Waals surface area contributed by atoms with Gasteiger partial charge in [-0.25, -0.2) is 0 Å². The van der Waals surface area contributed by atoms with E-state index in [1.165, 1.54) is 0 Å². The molecule has 0 amide bonds. The molecule has 32 valence electrons. The van der Waals surface area contributed by atoms with Crippen molar-refractivity contribution in [2.24, 2.45) is 7.05 Å². The minimum absolute atomic E-state index is 1.69. The summed E-state index contributed by atoms with van der Waals surface area (Å²) in [7, 11) is 2.02. The third-order valence-corrected chi connectivity index (χ3v) is 1.33. The molecule has 1 aromatic heterocycles. The number of aromatic nitrogens is 1. The fourth-order valence-electron chi connectivity index (χ4n) is 0.323. The maximum atomic E-state index is 2.04. The van der Waals surface area contributed by atoms with Crippen molar-refractivity contribution < 1.29 is 3.96 Å². The van der Waals surface area contributed by atoms with Crippen LogP contribution in [0.25, 0.3) is 0 Å². The van der Waals surface area contributed by atoms with E-state index in [-0.39, 0.29) is 0 Å². The first-order chi connectivity index (χ1) is 2.89. The lowest BCUT2D eigenvalue weighted by molar-refractivity contribution is -0.600. The van der Waals surface area contributed by atoms with Crippen LogP contribution in [0.4, 0.5) is 0 Å². The van der Waals surface area contributed by atoms with Gasteiger partial charge in [0.05, 0.1) is 5.38 Å². The molecule has 0 saturated carbocycles. The molecule has 0 aliphatic carbocycles. The highest BCUT2D eigenvalue weighted by atomic mass is 32.1. The second-order valence-corrected chi connectivity index (χ2v) is 2.19. The summed E-state index contributed by atoms with van der Waals surface area (Å²) in [6, 6.07) is 2.02. The first kappa shape index (κ1) is 3.81. The van der Waals surface area contributed by atoms with Gasteiger partial charge in [-0.1, -0.05) is 0 Å². The number of hydrogen-bond acceptors (Lipinski definition) is 1. The van der Waals surface area contributed by atoms with Gasteiger partial charge < -0.3 is 0 Å². The molecule has 0 spiro atoms. The quantitative estimate of drug-likeness (QED) is 0.420. The summed E-state index contributed by atoms with van der Waals surface area (Å²) < 4.78 is 2.04. The fourth-order valence-corrected chi connectivity index (χ4v) is 0.796. The SMILES string of the molecule is C[n+]1cccs1. The Balaban J connectivity index is 3.05. The van der Waals surface area contributed by atoms with E-state index in [2.05, 4.69) is 0 Å². The van der Waals surface area contributed by atoms with E-state index in [0.717, 1.165) is 0 Å². The van der Waals surface area contributed by atoms with Crippen LogP contribution in [0.5, 0.6) is 0 Å². The molecule has 1 aromatic rings. The fraction of sp³-hybridized carbons (Fsp3) is 0.250. The summed E-state index contributed by atoms with van der Waals surface area (Å²) in [5, 5.41) is 2.04. The topological polar surface area (TPSA) is 3.88 Å². The van der Waals surface area contributed by atoms with E-state index in [1.54, 1.807) is 11.5 Å². The molecule has 0 atom stereocenters. The standard InChI is InChI=1S/C4H6NS/c1-5-3-2-4-6-5/h2-4H,1H3/q+1. The summed E-state index contributed by atoms with van der Waals surface area (Å²) in [5.74, 6) is 0. The van der Waals surface area contributed by atoms with Crippen molar-refractivity contribution in [3.8, 4) is 0 Å². The molecule has 6 heavy (non-hydrogen) atoms. The van der Waals surface area contributed by atoms with E-state index in [1.807, 2.05) is 28.6 Å². The zero-order chi connectivity index (χ0) is 4.41. The third-order valence-electron chi connectivity index (χ3n) is 0.602. The average Bonchev–Trinajstić information content (AvgIpc) is 1.86.